The topological polar surface area (TPSA) is 67.9 Å². The molecule has 3 heterocycles. The van der Waals surface area contributed by atoms with Crippen molar-refractivity contribution in [2.75, 3.05) is 25.4 Å². The van der Waals surface area contributed by atoms with E-state index in [2.05, 4.69) is 22.0 Å². The molecule has 108 valence electrons. The number of thiazole rings is 1. The van der Waals surface area contributed by atoms with Crippen molar-refractivity contribution in [3.63, 3.8) is 0 Å². The zero-order valence-electron chi connectivity index (χ0n) is 11.6. The monoisotopic (exact) mass is 309 g/mol. The number of aryl methyl sites for hydroxylation is 1. The molecule has 0 spiro atoms. The van der Waals surface area contributed by atoms with Crippen molar-refractivity contribution in [2.45, 2.75) is 32.6 Å². The molecule has 5 nitrogen and oxygen atoms in total. The maximum atomic E-state index is 5.68. The van der Waals surface area contributed by atoms with E-state index in [4.69, 9.17) is 10.7 Å². The Kier molecular flexibility index (Phi) is 4.28. The fourth-order valence-electron chi connectivity index (χ4n) is 2.50. The van der Waals surface area contributed by atoms with Crippen LogP contribution in [0, 0.1) is 0 Å². The van der Waals surface area contributed by atoms with Crippen LogP contribution in [0.25, 0.3) is 9.88 Å². The normalized spacial score (nSPS) is 16.1. The van der Waals surface area contributed by atoms with Crippen LogP contribution in [-0.2, 0) is 12.8 Å². The number of aromatic nitrogens is 3. The summed E-state index contributed by atoms with van der Waals surface area (Å²) in [7, 11) is 0. The summed E-state index contributed by atoms with van der Waals surface area (Å²) >= 11 is 3.19. The van der Waals surface area contributed by atoms with Gasteiger partial charge in [-0.05, 0) is 32.4 Å². The van der Waals surface area contributed by atoms with E-state index < -0.39 is 0 Å². The molecule has 0 amide bonds. The Morgan fingerprint density at radius 1 is 1.20 bits per heavy atom. The van der Waals surface area contributed by atoms with Crippen molar-refractivity contribution < 1.29 is 0 Å². The van der Waals surface area contributed by atoms with Gasteiger partial charge in [0.15, 0.2) is 5.01 Å². The third kappa shape index (κ3) is 2.99. The summed E-state index contributed by atoms with van der Waals surface area (Å²) < 4.78 is 0. The molecule has 20 heavy (non-hydrogen) atoms. The molecule has 3 rings (SSSR count). The number of likely N-dealkylation sites (tertiary alicyclic amines) is 1. The zero-order valence-corrected chi connectivity index (χ0v) is 13.3. The van der Waals surface area contributed by atoms with Crippen molar-refractivity contribution in [1.29, 1.82) is 0 Å². The lowest BCUT2D eigenvalue weighted by Crippen LogP contribution is -2.21. The van der Waals surface area contributed by atoms with Gasteiger partial charge in [0.2, 0.25) is 5.13 Å². The molecule has 0 bridgehead atoms. The Bertz CT molecular complexity index is 571. The van der Waals surface area contributed by atoms with Gasteiger partial charge in [-0.15, -0.1) is 21.5 Å². The van der Waals surface area contributed by atoms with Gasteiger partial charge in [0.05, 0.1) is 15.6 Å². The molecule has 0 unspecified atom stereocenters. The second-order valence-electron chi connectivity index (χ2n) is 4.98. The summed E-state index contributed by atoms with van der Waals surface area (Å²) in [6, 6.07) is 0. The summed E-state index contributed by atoms with van der Waals surface area (Å²) in [6.07, 6.45) is 4.64. The first-order chi connectivity index (χ1) is 9.76. The predicted molar refractivity (Wildman–Crippen MR) is 84.2 cm³/mol. The molecule has 1 aliphatic rings. The first-order valence-corrected chi connectivity index (χ1v) is 8.70. The van der Waals surface area contributed by atoms with Gasteiger partial charge < -0.3 is 10.6 Å². The van der Waals surface area contributed by atoms with E-state index >= 15 is 0 Å². The van der Waals surface area contributed by atoms with Crippen LogP contribution >= 0.6 is 22.7 Å². The average Bonchev–Trinajstić information content (AvgIpc) is 3.16. The maximum absolute atomic E-state index is 5.68. The Morgan fingerprint density at radius 3 is 2.65 bits per heavy atom. The molecule has 0 atom stereocenters. The van der Waals surface area contributed by atoms with Crippen LogP contribution in [0.15, 0.2) is 0 Å². The second kappa shape index (κ2) is 6.15. The average molecular weight is 309 g/mol. The standard InChI is InChI=1S/C13H19N5S2/c1-2-9-11(12-16-17-13(14)20-12)19-10(15-9)5-8-18-6-3-4-7-18/h2-8H2,1H3,(H2,14,17). The minimum atomic E-state index is 0.522. The van der Waals surface area contributed by atoms with Crippen LogP contribution < -0.4 is 5.73 Å². The largest absolute Gasteiger partial charge is 0.374 e. The van der Waals surface area contributed by atoms with Crippen molar-refractivity contribution in [1.82, 2.24) is 20.1 Å². The van der Waals surface area contributed by atoms with Crippen LogP contribution in [0.4, 0.5) is 5.13 Å². The fraction of sp³-hybridized carbons (Fsp3) is 0.615. The van der Waals surface area contributed by atoms with Crippen LogP contribution in [-0.4, -0.2) is 39.7 Å². The molecule has 7 heteroatoms. The number of nitrogen functional groups attached to an aromatic ring is 1. The lowest BCUT2D eigenvalue weighted by atomic mass is 10.3. The van der Waals surface area contributed by atoms with E-state index in [0.29, 0.717) is 5.13 Å². The smallest absolute Gasteiger partial charge is 0.203 e. The maximum Gasteiger partial charge on any atom is 0.203 e. The van der Waals surface area contributed by atoms with E-state index in [1.807, 2.05) is 0 Å². The van der Waals surface area contributed by atoms with Crippen molar-refractivity contribution in [3.05, 3.63) is 10.7 Å². The number of nitrogens with zero attached hydrogens (tertiary/aromatic N) is 4. The van der Waals surface area contributed by atoms with Crippen LogP contribution in [0.5, 0.6) is 0 Å². The highest BCUT2D eigenvalue weighted by Crippen LogP contribution is 2.33. The van der Waals surface area contributed by atoms with Gasteiger partial charge in [0.1, 0.15) is 0 Å². The number of nitrogens with two attached hydrogens (primary N) is 1. The highest BCUT2D eigenvalue weighted by molar-refractivity contribution is 7.23. The number of hydrogen-bond acceptors (Lipinski definition) is 7. The Hall–Kier alpha value is -1.05. The molecule has 2 N–H and O–H groups in total. The van der Waals surface area contributed by atoms with Gasteiger partial charge in [-0.3, -0.25) is 0 Å². The lowest BCUT2D eigenvalue weighted by molar-refractivity contribution is 0.343. The lowest BCUT2D eigenvalue weighted by Gasteiger charge is -2.12. The quantitative estimate of drug-likeness (QED) is 0.919. The predicted octanol–water partition coefficient (Wildman–Crippen LogP) is 2.44. The van der Waals surface area contributed by atoms with E-state index in [1.54, 1.807) is 11.3 Å². The Morgan fingerprint density at radius 2 is 2.00 bits per heavy atom. The minimum Gasteiger partial charge on any atom is -0.374 e. The molecule has 0 aliphatic carbocycles. The molecule has 1 fully saturated rings. The summed E-state index contributed by atoms with van der Waals surface area (Å²) in [6.45, 7) is 5.74. The van der Waals surface area contributed by atoms with Gasteiger partial charge in [-0.1, -0.05) is 18.3 Å². The summed E-state index contributed by atoms with van der Waals surface area (Å²) in [5.41, 5.74) is 6.81. The number of anilines is 1. The molecule has 0 aromatic carbocycles. The molecule has 0 radical (unpaired) electrons. The molecule has 0 saturated carbocycles. The molecule has 2 aromatic rings. The van der Waals surface area contributed by atoms with Gasteiger partial charge in [-0.2, -0.15) is 0 Å². The van der Waals surface area contributed by atoms with Crippen LogP contribution in [0.2, 0.25) is 0 Å². The third-order valence-corrected chi connectivity index (χ3v) is 5.62. The van der Waals surface area contributed by atoms with Gasteiger partial charge >= 0.3 is 0 Å². The molecule has 1 saturated heterocycles. The third-order valence-electron chi connectivity index (χ3n) is 3.55. The van der Waals surface area contributed by atoms with E-state index in [-0.39, 0.29) is 0 Å². The molecule has 1 aliphatic heterocycles. The molecule has 2 aromatic heterocycles. The van der Waals surface area contributed by atoms with Gasteiger partial charge in [0, 0.05) is 13.0 Å². The summed E-state index contributed by atoms with van der Waals surface area (Å²) in [5.74, 6) is 0. The van der Waals surface area contributed by atoms with E-state index in [9.17, 15) is 0 Å². The first-order valence-electron chi connectivity index (χ1n) is 7.06. The minimum absolute atomic E-state index is 0.522. The number of rotatable bonds is 5. The Labute approximate surface area is 126 Å². The van der Waals surface area contributed by atoms with Crippen molar-refractivity contribution in [2.24, 2.45) is 0 Å². The highest BCUT2D eigenvalue weighted by atomic mass is 32.1. The molecular formula is C13H19N5S2. The van der Waals surface area contributed by atoms with Crippen molar-refractivity contribution >= 4 is 27.8 Å². The highest BCUT2D eigenvalue weighted by Gasteiger charge is 2.17. The van der Waals surface area contributed by atoms with Gasteiger partial charge in [-0.25, -0.2) is 4.98 Å². The van der Waals surface area contributed by atoms with E-state index in [0.717, 1.165) is 35.0 Å². The Balaban J connectivity index is 1.74. The summed E-state index contributed by atoms with van der Waals surface area (Å²) in [4.78, 5) is 8.44. The molecular weight excluding hydrogens is 290 g/mol. The van der Waals surface area contributed by atoms with Gasteiger partial charge in [0.25, 0.3) is 0 Å². The first kappa shape index (κ1) is 13.9. The summed E-state index contributed by atoms with van der Waals surface area (Å²) in [5, 5.41) is 10.7. The van der Waals surface area contributed by atoms with Crippen LogP contribution in [0.1, 0.15) is 30.5 Å². The number of hydrogen-bond donors (Lipinski definition) is 1. The SMILES string of the molecule is CCc1nc(CCN2CCCC2)sc1-c1nnc(N)s1. The zero-order chi connectivity index (χ0) is 13.9. The van der Waals surface area contributed by atoms with Crippen molar-refractivity contribution in [3.8, 4) is 9.88 Å². The fourth-order valence-corrected chi connectivity index (χ4v) is 4.34. The second-order valence-corrected chi connectivity index (χ2v) is 7.07. The van der Waals surface area contributed by atoms with Crippen LogP contribution in [0.3, 0.4) is 0 Å². The van der Waals surface area contributed by atoms with E-state index in [1.165, 1.54) is 42.3 Å².